The van der Waals surface area contributed by atoms with E-state index in [0.29, 0.717) is 6.42 Å². The maximum Gasteiger partial charge on any atom is 0.344 e. The van der Waals surface area contributed by atoms with Crippen molar-refractivity contribution in [3.05, 3.63) is 36.0 Å². The largest absolute Gasteiger partial charge is 0.466 e. The number of hydrogen-bond acceptors (Lipinski definition) is 4. The molecule has 5 nitrogen and oxygen atoms in total. The van der Waals surface area contributed by atoms with E-state index in [-0.39, 0.29) is 19.0 Å². The van der Waals surface area contributed by atoms with Gasteiger partial charge in [-0.2, -0.15) is 0 Å². The summed E-state index contributed by atoms with van der Waals surface area (Å²) in [7, 11) is 1.26. The third-order valence-corrected chi connectivity index (χ3v) is 3.08. The number of fused-ring (bicyclic) bond motifs is 1. The van der Waals surface area contributed by atoms with Gasteiger partial charge in [0.1, 0.15) is 0 Å². The molecule has 106 valence electrons. The number of rotatable bonds is 6. The number of carbonyl (C=O) groups excluding carboxylic acids is 2. The number of carbonyl (C=O) groups is 2. The summed E-state index contributed by atoms with van der Waals surface area (Å²) in [6, 6.07) is 8.04. The van der Waals surface area contributed by atoms with Crippen LogP contribution >= 0.6 is 0 Å². The van der Waals surface area contributed by atoms with E-state index in [4.69, 9.17) is 4.74 Å². The Morgan fingerprint density at radius 2 is 2.00 bits per heavy atom. The molecule has 0 saturated carbocycles. The molecular weight excluding hydrogens is 258 g/mol. The van der Waals surface area contributed by atoms with Crippen LogP contribution in [0.25, 0.3) is 10.9 Å². The number of methoxy groups -OCH3 is 1. The molecular formula is C15H17NO4. The Kier molecular flexibility index (Phi) is 4.76. The van der Waals surface area contributed by atoms with E-state index in [9.17, 15) is 9.59 Å². The number of H-pyrrole nitrogens is 1. The lowest BCUT2D eigenvalue weighted by Gasteiger charge is -2.03. The van der Waals surface area contributed by atoms with Crippen molar-refractivity contribution < 1.29 is 19.1 Å². The molecule has 20 heavy (non-hydrogen) atoms. The minimum atomic E-state index is -0.546. The molecule has 5 heteroatoms. The number of benzene rings is 1. The molecule has 0 unspecified atom stereocenters. The molecule has 0 saturated heterocycles. The van der Waals surface area contributed by atoms with Gasteiger partial charge in [0.2, 0.25) is 0 Å². The zero-order valence-corrected chi connectivity index (χ0v) is 11.3. The van der Waals surface area contributed by atoms with Gasteiger partial charge in [0, 0.05) is 23.5 Å². The summed E-state index contributed by atoms with van der Waals surface area (Å²) in [5.74, 6) is -0.926. The standard InChI is InChI=1S/C15H17NO4/c1-19-15(18)10-20-14(17)8-4-5-11-9-16-13-7-3-2-6-12(11)13/h2-3,6-7,9,16H,4-5,8,10H2,1H3. The Morgan fingerprint density at radius 3 is 2.80 bits per heavy atom. The fourth-order valence-electron chi connectivity index (χ4n) is 2.03. The highest BCUT2D eigenvalue weighted by molar-refractivity contribution is 5.83. The number of esters is 2. The summed E-state index contributed by atoms with van der Waals surface area (Å²) < 4.78 is 9.17. The van der Waals surface area contributed by atoms with Crippen LogP contribution in [0.4, 0.5) is 0 Å². The highest BCUT2D eigenvalue weighted by atomic mass is 16.6. The predicted molar refractivity (Wildman–Crippen MR) is 74.2 cm³/mol. The van der Waals surface area contributed by atoms with Crippen molar-refractivity contribution in [2.45, 2.75) is 19.3 Å². The number of para-hydroxylation sites is 1. The van der Waals surface area contributed by atoms with E-state index in [0.717, 1.165) is 11.9 Å². The molecule has 0 radical (unpaired) electrons. The number of aromatic nitrogens is 1. The fraction of sp³-hybridized carbons (Fsp3) is 0.333. The molecule has 0 aliphatic rings. The highest BCUT2D eigenvalue weighted by Crippen LogP contribution is 2.19. The third-order valence-electron chi connectivity index (χ3n) is 3.08. The number of aromatic amines is 1. The Labute approximate surface area is 116 Å². The van der Waals surface area contributed by atoms with Crippen molar-refractivity contribution in [3.63, 3.8) is 0 Å². The van der Waals surface area contributed by atoms with Crippen LogP contribution in [0.2, 0.25) is 0 Å². The molecule has 0 bridgehead atoms. The number of aryl methyl sites for hydroxylation is 1. The molecule has 0 spiro atoms. The lowest BCUT2D eigenvalue weighted by atomic mass is 10.1. The molecule has 2 rings (SSSR count). The van der Waals surface area contributed by atoms with Gasteiger partial charge >= 0.3 is 11.9 Å². The first-order valence-electron chi connectivity index (χ1n) is 6.48. The Bertz CT molecular complexity index is 603. The van der Waals surface area contributed by atoms with Crippen molar-refractivity contribution in [1.82, 2.24) is 4.98 Å². The van der Waals surface area contributed by atoms with Gasteiger partial charge in [0.15, 0.2) is 6.61 Å². The van der Waals surface area contributed by atoms with E-state index in [1.54, 1.807) is 0 Å². The summed E-state index contributed by atoms with van der Waals surface area (Å²) in [5.41, 5.74) is 2.28. The molecule has 0 atom stereocenters. The maximum atomic E-state index is 11.4. The van der Waals surface area contributed by atoms with Crippen molar-refractivity contribution >= 4 is 22.8 Å². The third kappa shape index (κ3) is 3.60. The van der Waals surface area contributed by atoms with Crippen molar-refractivity contribution in [1.29, 1.82) is 0 Å². The molecule has 0 aliphatic carbocycles. The average Bonchev–Trinajstić information content (AvgIpc) is 2.88. The molecule has 2 aromatic rings. The molecule has 0 fully saturated rings. The lowest BCUT2D eigenvalue weighted by molar-refractivity contribution is -0.157. The molecule has 0 aliphatic heterocycles. The van der Waals surface area contributed by atoms with Crippen molar-refractivity contribution in [3.8, 4) is 0 Å². The van der Waals surface area contributed by atoms with Gasteiger partial charge in [0.25, 0.3) is 0 Å². The van der Waals surface area contributed by atoms with Crippen LogP contribution < -0.4 is 0 Å². The molecule has 0 amide bonds. The van der Waals surface area contributed by atoms with Gasteiger partial charge in [0.05, 0.1) is 7.11 Å². The smallest absolute Gasteiger partial charge is 0.344 e. The van der Waals surface area contributed by atoms with Crippen LogP contribution in [0.1, 0.15) is 18.4 Å². The quantitative estimate of drug-likeness (QED) is 0.821. The van der Waals surface area contributed by atoms with Gasteiger partial charge < -0.3 is 14.5 Å². The molecule has 1 heterocycles. The topological polar surface area (TPSA) is 68.4 Å². The highest BCUT2D eigenvalue weighted by Gasteiger charge is 2.08. The molecule has 1 aromatic carbocycles. The summed E-state index contributed by atoms with van der Waals surface area (Å²) in [6.45, 7) is -0.317. The second-order valence-electron chi connectivity index (χ2n) is 4.45. The first-order valence-corrected chi connectivity index (χ1v) is 6.48. The van der Waals surface area contributed by atoms with E-state index < -0.39 is 5.97 Å². The van der Waals surface area contributed by atoms with Crippen LogP contribution in [0.3, 0.4) is 0 Å². The normalized spacial score (nSPS) is 10.4. The van der Waals surface area contributed by atoms with E-state index in [2.05, 4.69) is 15.8 Å². The maximum absolute atomic E-state index is 11.4. The van der Waals surface area contributed by atoms with Gasteiger partial charge in [-0.3, -0.25) is 4.79 Å². The summed E-state index contributed by atoms with van der Waals surface area (Å²) in [4.78, 5) is 25.4. The van der Waals surface area contributed by atoms with Crippen LogP contribution in [0, 0.1) is 0 Å². The van der Waals surface area contributed by atoms with Gasteiger partial charge in [-0.1, -0.05) is 18.2 Å². The van der Waals surface area contributed by atoms with Crippen LogP contribution in [-0.4, -0.2) is 30.6 Å². The van der Waals surface area contributed by atoms with E-state index in [1.807, 2.05) is 24.4 Å². The number of ether oxygens (including phenoxy) is 2. The summed E-state index contributed by atoms with van der Waals surface area (Å²) in [5, 5.41) is 1.18. The first kappa shape index (κ1) is 14.1. The zero-order chi connectivity index (χ0) is 14.4. The summed E-state index contributed by atoms with van der Waals surface area (Å²) in [6.07, 6.45) is 3.72. The minimum Gasteiger partial charge on any atom is -0.466 e. The van der Waals surface area contributed by atoms with Crippen LogP contribution in [0.15, 0.2) is 30.5 Å². The number of hydrogen-bond donors (Lipinski definition) is 1. The van der Waals surface area contributed by atoms with Gasteiger partial charge in [-0.05, 0) is 24.5 Å². The van der Waals surface area contributed by atoms with Gasteiger partial charge in [-0.25, -0.2) is 4.79 Å². The predicted octanol–water partition coefficient (Wildman–Crippen LogP) is 2.21. The average molecular weight is 275 g/mol. The molecule has 1 N–H and O–H groups in total. The Morgan fingerprint density at radius 1 is 1.20 bits per heavy atom. The number of nitrogens with one attached hydrogen (secondary N) is 1. The minimum absolute atomic E-state index is 0.288. The Hall–Kier alpha value is -2.30. The zero-order valence-electron chi connectivity index (χ0n) is 11.3. The van der Waals surface area contributed by atoms with Crippen LogP contribution in [0.5, 0.6) is 0 Å². The van der Waals surface area contributed by atoms with Gasteiger partial charge in [-0.15, -0.1) is 0 Å². The van der Waals surface area contributed by atoms with Crippen molar-refractivity contribution in [2.75, 3.05) is 13.7 Å². The van der Waals surface area contributed by atoms with E-state index in [1.165, 1.54) is 18.1 Å². The molecule has 1 aromatic heterocycles. The van der Waals surface area contributed by atoms with E-state index >= 15 is 0 Å². The van der Waals surface area contributed by atoms with Crippen molar-refractivity contribution in [2.24, 2.45) is 0 Å². The van der Waals surface area contributed by atoms with Crippen LogP contribution in [-0.2, 0) is 25.5 Å². The monoisotopic (exact) mass is 275 g/mol. The second kappa shape index (κ2) is 6.75. The fourth-order valence-corrected chi connectivity index (χ4v) is 2.03. The SMILES string of the molecule is COC(=O)COC(=O)CCCc1c[nH]c2ccccc12. The lowest BCUT2D eigenvalue weighted by Crippen LogP contribution is -2.14. The Balaban J connectivity index is 1.78. The first-order chi connectivity index (χ1) is 9.70. The summed E-state index contributed by atoms with van der Waals surface area (Å²) >= 11 is 0. The second-order valence-corrected chi connectivity index (χ2v) is 4.45.